The fraction of sp³-hybridized carbons (Fsp3) is 0.400. The Morgan fingerprint density at radius 2 is 1.79 bits per heavy atom. The van der Waals surface area contributed by atoms with Gasteiger partial charge in [0.1, 0.15) is 17.5 Å². The second-order valence-electron chi connectivity index (χ2n) is 7.09. The summed E-state index contributed by atoms with van der Waals surface area (Å²) in [5.74, 6) is 8.02. The van der Waals surface area contributed by atoms with Gasteiger partial charge in [-0.1, -0.05) is 57.2 Å². The lowest BCUT2D eigenvalue weighted by atomic mass is 10.1. The predicted octanol–water partition coefficient (Wildman–Crippen LogP) is 5.21. The summed E-state index contributed by atoms with van der Waals surface area (Å²) < 4.78 is 0. The number of benzene rings is 1. The smallest absolute Gasteiger partial charge is 0.188 e. The van der Waals surface area contributed by atoms with E-state index >= 15 is 0 Å². The van der Waals surface area contributed by atoms with Crippen LogP contribution in [-0.4, -0.2) is 41.1 Å². The van der Waals surface area contributed by atoms with Crippen LogP contribution in [0.4, 0.5) is 22.5 Å². The number of hydrogen-bond acceptors (Lipinski definition) is 9. The van der Waals surface area contributed by atoms with Gasteiger partial charge < -0.3 is 21.0 Å². The van der Waals surface area contributed by atoms with E-state index in [1.165, 1.54) is 0 Å². The minimum atomic E-state index is 0.745. The van der Waals surface area contributed by atoms with Crippen molar-refractivity contribution in [2.75, 3.05) is 41.8 Å². The average Bonchev–Trinajstić information content (AvgIpc) is 3.33. The highest BCUT2D eigenvalue weighted by Gasteiger charge is 2.14. The summed E-state index contributed by atoms with van der Waals surface area (Å²) in [6, 6.07) is 7.99. The summed E-state index contributed by atoms with van der Waals surface area (Å²) in [6.07, 6.45) is 5.99. The minimum Gasteiger partial charge on any atom is -0.354 e. The molecule has 34 heavy (non-hydrogen) atoms. The zero-order valence-corrected chi connectivity index (χ0v) is 22.0. The van der Waals surface area contributed by atoms with Crippen LogP contribution in [0.2, 0.25) is 0 Å². The molecule has 0 spiro atoms. The molecule has 3 aromatic rings. The van der Waals surface area contributed by atoms with Crippen LogP contribution in [0.25, 0.3) is 12.2 Å². The van der Waals surface area contributed by atoms with Gasteiger partial charge >= 0.3 is 0 Å². The summed E-state index contributed by atoms with van der Waals surface area (Å²) >= 11 is 1.58. The highest BCUT2D eigenvalue weighted by molar-refractivity contribution is 7.16. The van der Waals surface area contributed by atoms with Gasteiger partial charge in [0, 0.05) is 43.3 Å². The molecule has 0 aliphatic carbocycles. The van der Waals surface area contributed by atoms with E-state index in [0.29, 0.717) is 0 Å². The lowest BCUT2D eigenvalue weighted by Crippen LogP contribution is -2.44. The fourth-order valence-corrected chi connectivity index (χ4v) is 4.09. The Morgan fingerprint density at radius 1 is 1.06 bits per heavy atom. The third kappa shape index (κ3) is 7.51. The largest absolute Gasteiger partial charge is 0.354 e. The van der Waals surface area contributed by atoms with Crippen molar-refractivity contribution in [1.82, 2.24) is 20.3 Å². The molecule has 1 aromatic carbocycles. The van der Waals surface area contributed by atoms with Crippen LogP contribution >= 0.6 is 11.3 Å². The number of aryl methyl sites for hydroxylation is 1. The number of aromatic nitrogens is 3. The number of nitrogens with two attached hydrogens (primary N) is 1. The molecule has 0 radical (unpaired) electrons. The van der Waals surface area contributed by atoms with E-state index in [9.17, 15) is 0 Å². The molecule has 0 bridgehead atoms. The number of rotatable bonds is 6. The van der Waals surface area contributed by atoms with Gasteiger partial charge in [-0.3, -0.25) is 5.84 Å². The molecule has 0 saturated carbocycles. The lowest BCUT2D eigenvalue weighted by molar-refractivity contribution is 0.584. The second kappa shape index (κ2) is 14.3. The minimum absolute atomic E-state index is 0.745. The van der Waals surface area contributed by atoms with Gasteiger partial charge in [0.2, 0.25) is 0 Å². The van der Waals surface area contributed by atoms with E-state index < -0.39 is 0 Å². The summed E-state index contributed by atoms with van der Waals surface area (Å²) in [6.45, 7) is 15.8. The van der Waals surface area contributed by atoms with Crippen molar-refractivity contribution in [3.63, 3.8) is 0 Å². The van der Waals surface area contributed by atoms with Crippen LogP contribution in [0.1, 0.15) is 49.5 Å². The van der Waals surface area contributed by atoms with E-state index in [1.807, 2.05) is 65.9 Å². The summed E-state index contributed by atoms with van der Waals surface area (Å²) in [4.78, 5) is 16.9. The summed E-state index contributed by atoms with van der Waals surface area (Å²) in [5, 5.41) is 7.49. The van der Waals surface area contributed by atoms with Crippen molar-refractivity contribution in [3.05, 3.63) is 52.3 Å². The molecular formula is C25H38N8S. The first-order chi connectivity index (χ1) is 16.6. The second-order valence-corrected chi connectivity index (χ2v) is 8.15. The highest BCUT2D eigenvalue weighted by atomic mass is 32.1. The van der Waals surface area contributed by atoms with E-state index in [2.05, 4.69) is 54.1 Å². The molecule has 8 nitrogen and oxygen atoms in total. The molecule has 1 saturated heterocycles. The molecule has 1 aliphatic rings. The number of nitrogen functional groups attached to an aromatic ring is 1. The molecular weight excluding hydrogens is 444 g/mol. The Labute approximate surface area is 207 Å². The number of hydrazine groups is 1. The number of thiazole rings is 1. The number of hydrogen-bond donors (Lipinski definition) is 4. The van der Waals surface area contributed by atoms with Crippen LogP contribution in [-0.2, 0) is 0 Å². The van der Waals surface area contributed by atoms with E-state index in [-0.39, 0.29) is 0 Å². The van der Waals surface area contributed by atoms with Crippen molar-refractivity contribution >= 4 is 45.9 Å². The van der Waals surface area contributed by atoms with E-state index in [4.69, 9.17) is 5.84 Å². The molecule has 0 atom stereocenters. The topological polar surface area (TPSA) is 104 Å². The van der Waals surface area contributed by atoms with Crippen molar-refractivity contribution < 1.29 is 0 Å². The van der Waals surface area contributed by atoms with Crippen molar-refractivity contribution in [2.45, 2.75) is 41.5 Å². The molecule has 5 N–H and O–H groups in total. The normalized spacial score (nSPS) is 13.0. The van der Waals surface area contributed by atoms with Gasteiger partial charge in [-0.15, -0.1) is 0 Å². The van der Waals surface area contributed by atoms with Gasteiger partial charge in [0.25, 0.3) is 0 Å². The molecule has 1 aliphatic heterocycles. The quantitative estimate of drug-likeness (QED) is 0.280. The maximum Gasteiger partial charge on any atom is 0.188 e. The number of nitrogens with zero attached hydrogens (tertiary/aromatic N) is 4. The van der Waals surface area contributed by atoms with Crippen LogP contribution in [0, 0.1) is 13.8 Å². The molecule has 0 amide bonds. The Kier molecular flexibility index (Phi) is 11.5. The Balaban J connectivity index is 0.000000970. The summed E-state index contributed by atoms with van der Waals surface area (Å²) in [7, 11) is 0. The van der Waals surface area contributed by atoms with Gasteiger partial charge in [0.15, 0.2) is 5.13 Å². The molecule has 4 rings (SSSR count). The molecule has 184 valence electrons. The first-order valence-electron chi connectivity index (χ1n) is 11.9. The number of piperazine rings is 1. The Hall–Kier alpha value is -3.01. The highest BCUT2D eigenvalue weighted by Crippen LogP contribution is 2.26. The number of nitrogens with one attached hydrogen (secondary N) is 3. The van der Waals surface area contributed by atoms with Crippen molar-refractivity contribution in [3.8, 4) is 0 Å². The van der Waals surface area contributed by atoms with Crippen LogP contribution in [0.5, 0.6) is 0 Å². The third-order valence-electron chi connectivity index (χ3n) is 4.98. The standard InChI is InChI=1S/C21H26N8S.2C2H6/c1-14-16(4-3-5-18(14)28-22)6-7-17-13-24-21(30-17)27-19-12-20(26-15(2)25-19)29-10-8-23-9-11-29;2*1-2/h3-7,12-13,23,28H,8-11,22H2,1-2H3,(H,24,25,26,27);2*1-2H3/b7-6+;;. The molecule has 0 unspecified atom stereocenters. The fourth-order valence-electron chi connectivity index (χ4n) is 3.37. The van der Waals surface area contributed by atoms with Gasteiger partial charge in [-0.05, 0) is 37.1 Å². The van der Waals surface area contributed by atoms with Crippen LogP contribution in [0.15, 0.2) is 30.5 Å². The first kappa shape index (κ1) is 27.2. The maximum absolute atomic E-state index is 5.57. The van der Waals surface area contributed by atoms with Crippen molar-refractivity contribution in [2.24, 2.45) is 5.84 Å². The monoisotopic (exact) mass is 482 g/mol. The summed E-state index contributed by atoms with van der Waals surface area (Å²) in [5.41, 5.74) is 5.86. The molecule has 2 aromatic heterocycles. The predicted molar refractivity (Wildman–Crippen MR) is 148 cm³/mol. The lowest BCUT2D eigenvalue weighted by Gasteiger charge is -2.28. The van der Waals surface area contributed by atoms with Gasteiger partial charge in [-0.25, -0.2) is 15.0 Å². The Morgan fingerprint density at radius 3 is 2.50 bits per heavy atom. The Bertz CT molecular complexity index is 1040. The van der Waals surface area contributed by atoms with Crippen LogP contribution in [0.3, 0.4) is 0 Å². The molecule has 9 heteroatoms. The average molecular weight is 483 g/mol. The van der Waals surface area contributed by atoms with Gasteiger partial charge in [-0.2, -0.15) is 0 Å². The zero-order valence-electron chi connectivity index (χ0n) is 21.1. The van der Waals surface area contributed by atoms with Crippen molar-refractivity contribution in [1.29, 1.82) is 0 Å². The van der Waals surface area contributed by atoms with E-state index in [1.54, 1.807) is 11.3 Å². The number of anilines is 4. The van der Waals surface area contributed by atoms with Crippen LogP contribution < -0.4 is 26.8 Å². The maximum atomic E-state index is 5.57. The SMILES string of the molecule is CC.CC.Cc1nc(Nc2ncc(/C=C/c3cccc(NN)c3C)s2)cc(N2CCNCC2)n1. The molecule has 1 fully saturated rings. The third-order valence-corrected chi connectivity index (χ3v) is 5.86. The van der Waals surface area contributed by atoms with Gasteiger partial charge in [0.05, 0.1) is 5.69 Å². The first-order valence-corrected chi connectivity index (χ1v) is 12.7. The molecule has 3 heterocycles. The zero-order chi connectivity index (χ0) is 24.9. The van der Waals surface area contributed by atoms with E-state index in [0.717, 1.165) is 70.5 Å².